The van der Waals surface area contributed by atoms with Crippen molar-refractivity contribution >= 4 is 21.9 Å². The maximum atomic E-state index is 8.34. The Morgan fingerprint density at radius 2 is 1.61 bits per heavy atom. The number of hydrogen-bond donors (Lipinski definition) is 0. The molecule has 0 aliphatic carbocycles. The molecule has 0 radical (unpaired) electrons. The summed E-state index contributed by atoms with van der Waals surface area (Å²) in [7, 11) is 0. The van der Waals surface area contributed by atoms with Crippen molar-refractivity contribution in [3.8, 4) is 11.3 Å². The van der Waals surface area contributed by atoms with Gasteiger partial charge in [-0.05, 0) is 59.0 Å². The number of rotatable bonds is 4. The average Bonchev–Trinajstić information content (AvgIpc) is 3.16. The maximum Gasteiger partial charge on any atom is 0.135 e. The van der Waals surface area contributed by atoms with Gasteiger partial charge in [0.1, 0.15) is 11.2 Å². The summed E-state index contributed by atoms with van der Waals surface area (Å²) in [6, 6.07) is 27.3. The highest BCUT2D eigenvalue weighted by Gasteiger charge is 2.24. The van der Waals surface area contributed by atoms with Gasteiger partial charge in [-0.1, -0.05) is 70.2 Å². The lowest BCUT2D eigenvalue weighted by Crippen LogP contribution is -2.18. The molecule has 0 unspecified atom stereocenters. The van der Waals surface area contributed by atoms with E-state index in [0.717, 1.165) is 38.8 Å². The van der Waals surface area contributed by atoms with E-state index >= 15 is 0 Å². The Morgan fingerprint density at radius 1 is 0.806 bits per heavy atom. The number of pyridine rings is 1. The van der Waals surface area contributed by atoms with Gasteiger partial charge in [0.25, 0.3) is 0 Å². The molecule has 31 heavy (non-hydrogen) atoms. The monoisotopic (exact) mass is 406 g/mol. The van der Waals surface area contributed by atoms with E-state index in [4.69, 9.17) is 5.79 Å². The second kappa shape index (κ2) is 7.39. The van der Waals surface area contributed by atoms with Crippen molar-refractivity contribution < 1.29 is 5.79 Å². The van der Waals surface area contributed by atoms with Gasteiger partial charge < -0.3 is 4.42 Å². The number of nitrogens with zero attached hydrogens (tertiary/aromatic N) is 1. The molecule has 0 spiro atoms. The van der Waals surface area contributed by atoms with Gasteiger partial charge in [0.05, 0.1) is 5.69 Å². The van der Waals surface area contributed by atoms with Crippen molar-refractivity contribution in [1.82, 2.24) is 4.98 Å². The van der Waals surface area contributed by atoms with Crippen molar-refractivity contribution in [3.05, 3.63) is 102 Å². The molecule has 154 valence electrons. The number of hydrogen-bond acceptors (Lipinski definition) is 2. The fourth-order valence-electron chi connectivity index (χ4n) is 4.25. The van der Waals surface area contributed by atoms with Crippen LogP contribution in [-0.4, -0.2) is 4.98 Å². The van der Waals surface area contributed by atoms with E-state index in [1.54, 1.807) is 6.20 Å². The molecule has 2 aromatic heterocycles. The van der Waals surface area contributed by atoms with Gasteiger partial charge in [-0.3, -0.25) is 4.98 Å². The molecule has 0 aliphatic rings. The van der Waals surface area contributed by atoms with Crippen LogP contribution < -0.4 is 0 Å². The Labute approximate surface area is 185 Å². The fraction of sp³-hybridized carbons (Fsp3) is 0.207. The number of benzene rings is 3. The fourth-order valence-corrected chi connectivity index (χ4v) is 4.25. The highest BCUT2D eigenvalue weighted by Crippen LogP contribution is 2.37. The van der Waals surface area contributed by atoms with E-state index in [1.165, 1.54) is 11.1 Å². The molecule has 2 nitrogen and oxygen atoms in total. The molecular formula is C29H27NO. The lowest BCUT2D eigenvalue weighted by atomic mass is 9.78. The summed E-state index contributed by atoms with van der Waals surface area (Å²) >= 11 is 0. The van der Waals surface area contributed by atoms with E-state index < -0.39 is 5.89 Å². The third kappa shape index (κ3) is 3.42. The predicted molar refractivity (Wildman–Crippen MR) is 130 cm³/mol. The molecule has 0 amide bonds. The smallest absolute Gasteiger partial charge is 0.135 e. The minimum atomic E-state index is -0.661. The van der Waals surface area contributed by atoms with E-state index in [0.29, 0.717) is 0 Å². The zero-order valence-corrected chi connectivity index (χ0v) is 18.4. The van der Waals surface area contributed by atoms with Crippen LogP contribution in [0, 0.1) is 0 Å². The molecule has 0 bridgehead atoms. The second-order valence-corrected chi connectivity index (χ2v) is 8.94. The number of fused-ring (bicyclic) bond motifs is 3. The van der Waals surface area contributed by atoms with E-state index in [-0.39, 0.29) is 5.41 Å². The molecule has 5 aromatic rings. The molecule has 5 rings (SSSR count). The van der Waals surface area contributed by atoms with Gasteiger partial charge in [-0.15, -0.1) is 0 Å². The first-order valence-corrected chi connectivity index (χ1v) is 10.7. The molecule has 0 fully saturated rings. The summed E-state index contributed by atoms with van der Waals surface area (Å²) in [5.74, 6) is -0.661. The standard InChI is InChI=1S/C29H27NO/c1-19(2)20-14-15-30-26(17-20)21-10-13-27-25(16-21)24-12-11-23(18-28(24)31-27)29(3,4)22-8-6-5-7-9-22/h5-19H,1-4H3/i19D. The van der Waals surface area contributed by atoms with E-state index in [2.05, 4.69) is 73.4 Å². The Balaban J connectivity index is 1.60. The molecule has 0 aliphatic heterocycles. The van der Waals surface area contributed by atoms with Crippen molar-refractivity contribution in [1.29, 1.82) is 0 Å². The Kier molecular flexibility index (Phi) is 4.38. The number of aromatic nitrogens is 1. The molecule has 0 saturated heterocycles. The summed E-state index contributed by atoms with van der Waals surface area (Å²) in [5.41, 5.74) is 7.01. The highest BCUT2D eigenvalue weighted by atomic mass is 16.3. The topological polar surface area (TPSA) is 26.0 Å². The highest BCUT2D eigenvalue weighted by molar-refractivity contribution is 6.06. The van der Waals surface area contributed by atoms with E-state index in [9.17, 15) is 0 Å². The lowest BCUT2D eigenvalue weighted by molar-refractivity contribution is 0.633. The second-order valence-electron chi connectivity index (χ2n) is 8.94. The summed E-state index contributed by atoms with van der Waals surface area (Å²) in [6.45, 7) is 8.29. The largest absolute Gasteiger partial charge is 0.456 e. The van der Waals surface area contributed by atoms with Crippen LogP contribution in [0.3, 0.4) is 0 Å². The van der Waals surface area contributed by atoms with Crippen LogP contribution in [0.15, 0.2) is 89.5 Å². The first-order chi connectivity index (χ1) is 15.2. The Hall–Kier alpha value is -3.39. The van der Waals surface area contributed by atoms with Gasteiger partial charge in [0.2, 0.25) is 0 Å². The number of furan rings is 1. The molecule has 3 aromatic carbocycles. The van der Waals surface area contributed by atoms with Crippen LogP contribution in [0.25, 0.3) is 33.2 Å². The van der Waals surface area contributed by atoms with Gasteiger partial charge >= 0.3 is 0 Å². The Bertz CT molecular complexity index is 1420. The molecular weight excluding hydrogens is 378 g/mol. The van der Waals surface area contributed by atoms with Crippen LogP contribution in [0.5, 0.6) is 0 Å². The lowest BCUT2D eigenvalue weighted by Gasteiger charge is -2.26. The first kappa shape index (κ1) is 18.4. The van der Waals surface area contributed by atoms with E-state index in [1.807, 2.05) is 38.1 Å². The van der Waals surface area contributed by atoms with Crippen LogP contribution >= 0.6 is 0 Å². The summed E-state index contributed by atoms with van der Waals surface area (Å²) in [4.78, 5) is 4.56. The zero-order valence-electron chi connectivity index (χ0n) is 19.4. The van der Waals surface area contributed by atoms with Crippen molar-refractivity contribution in [3.63, 3.8) is 0 Å². The van der Waals surface area contributed by atoms with Gasteiger partial charge in [0.15, 0.2) is 0 Å². The summed E-state index contributed by atoms with van der Waals surface area (Å²) in [5, 5.41) is 2.19. The minimum absolute atomic E-state index is 0.118. The average molecular weight is 407 g/mol. The molecule has 0 atom stereocenters. The summed E-state index contributed by atoms with van der Waals surface area (Å²) < 4.78 is 14.6. The SMILES string of the molecule is [2H]C(C)(C)c1ccnc(-c2ccc3oc4cc(C(C)(C)c5ccccc5)ccc4c3c2)c1. The van der Waals surface area contributed by atoms with Crippen LogP contribution in [0.2, 0.25) is 0 Å². The molecule has 2 heteroatoms. The van der Waals surface area contributed by atoms with Crippen LogP contribution in [0.4, 0.5) is 0 Å². The van der Waals surface area contributed by atoms with Crippen molar-refractivity contribution in [2.45, 2.75) is 39.0 Å². The molecule has 0 saturated carbocycles. The third-order valence-electron chi connectivity index (χ3n) is 6.32. The Morgan fingerprint density at radius 3 is 2.39 bits per heavy atom. The normalized spacial score (nSPS) is 13.0. The van der Waals surface area contributed by atoms with Crippen LogP contribution in [0.1, 0.15) is 51.7 Å². The van der Waals surface area contributed by atoms with Crippen LogP contribution in [-0.2, 0) is 5.41 Å². The first-order valence-electron chi connectivity index (χ1n) is 11.2. The molecule has 0 N–H and O–H groups in total. The third-order valence-corrected chi connectivity index (χ3v) is 6.32. The quantitative estimate of drug-likeness (QED) is 0.301. The zero-order chi connectivity index (χ0) is 22.5. The van der Waals surface area contributed by atoms with Gasteiger partial charge in [-0.2, -0.15) is 0 Å². The van der Waals surface area contributed by atoms with Crippen molar-refractivity contribution in [2.75, 3.05) is 0 Å². The predicted octanol–water partition coefficient (Wildman–Crippen LogP) is 8.10. The van der Waals surface area contributed by atoms with Crippen molar-refractivity contribution in [2.24, 2.45) is 0 Å². The molecule has 2 heterocycles. The maximum absolute atomic E-state index is 8.34. The van der Waals surface area contributed by atoms with Gasteiger partial charge in [-0.25, -0.2) is 0 Å². The summed E-state index contributed by atoms with van der Waals surface area (Å²) in [6.07, 6.45) is 1.79. The van der Waals surface area contributed by atoms with Gasteiger partial charge in [0, 0.05) is 29.3 Å². The minimum Gasteiger partial charge on any atom is -0.456 e.